The van der Waals surface area contributed by atoms with Gasteiger partial charge in [0.05, 0.1) is 16.8 Å². The Morgan fingerprint density at radius 3 is 2.58 bits per heavy atom. The summed E-state index contributed by atoms with van der Waals surface area (Å²) in [5.74, 6) is 0.412. The molecule has 0 saturated heterocycles. The molecule has 7 heteroatoms. The first-order chi connectivity index (χ1) is 16.1. The average molecular weight is 463 g/mol. The zero-order chi connectivity index (χ0) is 23.0. The van der Waals surface area contributed by atoms with Crippen LogP contribution in [0.3, 0.4) is 0 Å². The molecule has 4 rings (SSSR count). The van der Waals surface area contributed by atoms with E-state index in [1.165, 1.54) is 6.92 Å². The third kappa shape index (κ3) is 6.23. The molecule has 33 heavy (non-hydrogen) atoms. The number of rotatable bonds is 11. The van der Waals surface area contributed by atoms with Crippen molar-refractivity contribution in [2.24, 2.45) is 0 Å². The van der Waals surface area contributed by atoms with Gasteiger partial charge in [-0.15, -0.1) is 0 Å². The number of hydrogen-bond acceptors (Lipinski definition) is 6. The second-order valence-corrected chi connectivity index (χ2v) is 8.66. The highest BCUT2D eigenvalue weighted by molar-refractivity contribution is 7.22. The number of fused-ring (bicyclic) bond motifs is 1. The maximum Gasteiger partial charge on any atom is 0.344 e. The Kier molecular flexibility index (Phi) is 7.42. The van der Waals surface area contributed by atoms with E-state index in [4.69, 9.17) is 19.6 Å². The maximum atomic E-state index is 11.1. The molecule has 1 N–H and O–H groups in total. The molecule has 0 aliphatic rings. The summed E-state index contributed by atoms with van der Waals surface area (Å²) in [6.07, 6.45) is -0.0763. The van der Waals surface area contributed by atoms with E-state index in [0.717, 1.165) is 39.6 Å². The second-order valence-electron chi connectivity index (χ2n) is 7.65. The van der Waals surface area contributed by atoms with E-state index >= 15 is 0 Å². The van der Waals surface area contributed by atoms with Gasteiger partial charge in [0.25, 0.3) is 0 Å². The molecule has 3 aromatic carbocycles. The van der Waals surface area contributed by atoms with Gasteiger partial charge in [0, 0.05) is 13.1 Å². The second kappa shape index (κ2) is 10.8. The Labute approximate surface area is 197 Å². The summed E-state index contributed by atoms with van der Waals surface area (Å²) in [4.78, 5) is 18.2. The topological polar surface area (TPSA) is 71.9 Å². The molecule has 0 fully saturated rings. The van der Waals surface area contributed by atoms with Crippen LogP contribution < -0.4 is 14.4 Å². The summed E-state index contributed by atoms with van der Waals surface area (Å²) >= 11 is 1.66. The van der Waals surface area contributed by atoms with Crippen LogP contribution in [0.4, 0.5) is 5.13 Å². The van der Waals surface area contributed by atoms with Crippen LogP contribution in [-0.4, -0.2) is 35.3 Å². The van der Waals surface area contributed by atoms with E-state index in [9.17, 15) is 4.79 Å². The van der Waals surface area contributed by atoms with E-state index in [1.54, 1.807) is 17.4 Å². The van der Waals surface area contributed by atoms with Gasteiger partial charge in [-0.3, -0.25) is 0 Å². The lowest BCUT2D eigenvalue weighted by atomic mass is 10.2. The molecule has 1 aromatic heterocycles. The first-order valence-electron chi connectivity index (χ1n) is 10.9. The van der Waals surface area contributed by atoms with E-state index in [2.05, 4.69) is 11.0 Å². The van der Waals surface area contributed by atoms with Gasteiger partial charge >= 0.3 is 5.97 Å². The molecule has 4 aromatic rings. The number of ether oxygens (including phenoxy) is 2. The van der Waals surface area contributed by atoms with Crippen LogP contribution in [0, 0.1) is 0 Å². The van der Waals surface area contributed by atoms with Gasteiger partial charge in [-0.1, -0.05) is 53.8 Å². The molecule has 1 heterocycles. The average Bonchev–Trinajstić information content (AvgIpc) is 3.26. The number of carboxylic acid groups (broad SMARTS) is 1. The number of anilines is 1. The number of benzene rings is 3. The molecule has 0 radical (unpaired) electrons. The zero-order valence-electron chi connectivity index (χ0n) is 18.4. The van der Waals surface area contributed by atoms with Gasteiger partial charge in [0.1, 0.15) is 11.5 Å². The molecule has 0 aliphatic carbocycles. The predicted octanol–water partition coefficient (Wildman–Crippen LogP) is 5.62. The number of hydrogen-bond donors (Lipinski definition) is 1. The van der Waals surface area contributed by atoms with Gasteiger partial charge < -0.3 is 19.5 Å². The minimum Gasteiger partial charge on any atom is -0.494 e. The maximum absolute atomic E-state index is 11.1. The van der Waals surface area contributed by atoms with Crippen LogP contribution in [0.15, 0.2) is 78.9 Å². The molecule has 0 bridgehead atoms. The van der Waals surface area contributed by atoms with Crippen molar-refractivity contribution < 1.29 is 19.4 Å². The molecule has 1 atom stereocenters. The molecule has 170 valence electrons. The number of aliphatic carboxylic acids is 1. The number of carboxylic acids is 1. The molecule has 0 spiro atoms. The fourth-order valence-corrected chi connectivity index (χ4v) is 4.38. The van der Waals surface area contributed by atoms with Gasteiger partial charge in [0.15, 0.2) is 11.2 Å². The van der Waals surface area contributed by atoms with Crippen LogP contribution >= 0.6 is 11.3 Å². The molecule has 6 nitrogen and oxygen atoms in total. The molecule has 0 saturated carbocycles. The van der Waals surface area contributed by atoms with Crippen LogP contribution in [-0.2, 0) is 11.3 Å². The third-order valence-corrected chi connectivity index (χ3v) is 6.17. The van der Waals surface area contributed by atoms with Crippen molar-refractivity contribution in [3.63, 3.8) is 0 Å². The first-order valence-corrected chi connectivity index (χ1v) is 11.7. The molecular weight excluding hydrogens is 436 g/mol. The summed E-state index contributed by atoms with van der Waals surface area (Å²) in [5.41, 5.74) is 2.00. The molecular formula is C26H26N2O4S. The lowest BCUT2D eigenvalue weighted by Crippen LogP contribution is -2.25. The molecule has 0 aliphatic heterocycles. The van der Waals surface area contributed by atoms with Crippen molar-refractivity contribution in [1.29, 1.82) is 0 Å². The Morgan fingerprint density at radius 2 is 1.79 bits per heavy atom. The number of aromatic nitrogens is 1. The SMILES string of the molecule is CC(Oc1cccc(CN(CCCOc2ccccc2)c2nc3ccccc3s2)c1)C(=O)O. The number of thiazole rings is 1. The third-order valence-electron chi connectivity index (χ3n) is 5.07. The van der Waals surface area contributed by atoms with Crippen molar-refractivity contribution >= 4 is 32.7 Å². The normalized spacial score (nSPS) is 11.8. The first kappa shape index (κ1) is 22.6. The highest BCUT2D eigenvalue weighted by Gasteiger charge is 2.15. The monoisotopic (exact) mass is 462 g/mol. The summed E-state index contributed by atoms with van der Waals surface area (Å²) in [5, 5.41) is 10.1. The van der Waals surface area contributed by atoms with Gasteiger partial charge in [-0.2, -0.15) is 0 Å². The summed E-state index contributed by atoms with van der Waals surface area (Å²) in [7, 11) is 0. The van der Waals surface area contributed by atoms with E-state index < -0.39 is 12.1 Å². The van der Waals surface area contributed by atoms with Crippen LogP contribution in [0.25, 0.3) is 10.2 Å². The van der Waals surface area contributed by atoms with Gasteiger partial charge in [0.2, 0.25) is 0 Å². The van der Waals surface area contributed by atoms with Crippen molar-refractivity contribution in [1.82, 2.24) is 4.98 Å². The summed E-state index contributed by atoms with van der Waals surface area (Å²) in [6.45, 7) is 3.52. The zero-order valence-corrected chi connectivity index (χ0v) is 19.2. The lowest BCUT2D eigenvalue weighted by Gasteiger charge is -2.22. The van der Waals surface area contributed by atoms with Crippen LogP contribution in [0.1, 0.15) is 18.9 Å². The fraction of sp³-hybridized carbons (Fsp3) is 0.231. The minimum atomic E-state index is -0.991. The highest BCUT2D eigenvalue weighted by Crippen LogP contribution is 2.30. The minimum absolute atomic E-state index is 0.541. The largest absolute Gasteiger partial charge is 0.494 e. The standard InChI is InChI=1S/C26H26N2O4S/c1-19(25(29)30)32-22-12-7-9-20(17-22)18-28(15-8-16-31-21-10-3-2-4-11-21)26-27-23-13-5-6-14-24(23)33-26/h2-7,9-14,17,19H,8,15-16,18H2,1H3,(H,29,30). The smallest absolute Gasteiger partial charge is 0.344 e. The number of nitrogens with zero attached hydrogens (tertiary/aromatic N) is 2. The Bertz CT molecular complexity index is 1160. The quantitative estimate of drug-likeness (QED) is 0.292. The van der Waals surface area contributed by atoms with E-state index in [1.807, 2.05) is 66.7 Å². The van der Waals surface area contributed by atoms with Gasteiger partial charge in [-0.05, 0) is 55.3 Å². The van der Waals surface area contributed by atoms with Crippen molar-refractivity contribution in [3.8, 4) is 11.5 Å². The summed E-state index contributed by atoms with van der Waals surface area (Å²) < 4.78 is 12.6. The molecule has 0 amide bonds. The molecule has 1 unspecified atom stereocenters. The Balaban J connectivity index is 1.48. The fourth-order valence-electron chi connectivity index (χ4n) is 3.39. The Hall–Kier alpha value is -3.58. The van der Waals surface area contributed by atoms with Crippen molar-refractivity contribution in [2.45, 2.75) is 26.0 Å². The van der Waals surface area contributed by atoms with E-state index in [-0.39, 0.29) is 0 Å². The van der Waals surface area contributed by atoms with Crippen molar-refractivity contribution in [2.75, 3.05) is 18.1 Å². The van der Waals surface area contributed by atoms with Gasteiger partial charge in [-0.25, -0.2) is 9.78 Å². The lowest BCUT2D eigenvalue weighted by molar-refractivity contribution is -0.144. The van der Waals surface area contributed by atoms with Crippen molar-refractivity contribution in [3.05, 3.63) is 84.4 Å². The van der Waals surface area contributed by atoms with E-state index in [0.29, 0.717) is 18.9 Å². The number of para-hydroxylation sites is 2. The predicted molar refractivity (Wildman–Crippen MR) is 131 cm³/mol. The van der Waals surface area contributed by atoms with Crippen LogP contribution in [0.5, 0.6) is 11.5 Å². The summed E-state index contributed by atoms with van der Waals surface area (Å²) in [6, 6.07) is 25.5. The highest BCUT2D eigenvalue weighted by atomic mass is 32.1. The Morgan fingerprint density at radius 1 is 1.03 bits per heavy atom. The van der Waals surface area contributed by atoms with Crippen LogP contribution in [0.2, 0.25) is 0 Å². The number of carbonyl (C=O) groups is 1.